The number of hydrogen-bond acceptors (Lipinski definition) is 5. The first-order valence-electron chi connectivity index (χ1n) is 29.4. The number of carbonyl (C=O) groups excluding carboxylic acids is 2. The minimum absolute atomic E-state index is 0.0209. The van der Waals surface area contributed by atoms with Crippen molar-refractivity contribution in [3.8, 4) is 0 Å². The minimum atomic E-state index is -0.680. The first-order valence-corrected chi connectivity index (χ1v) is 29.4. The van der Waals surface area contributed by atoms with Crippen molar-refractivity contribution in [3.63, 3.8) is 0 Å². The van der Waals surface area contributed by atoms with Gasteiger partial charge in [-0.05, 0) is 57.8 Å². The van der Waals surface area contributed by atoms with Crippen LogP contribution >= 0.6 is 0 Å². The Hall–Kier alpha value is -1.40. The van der Waals surface area contributed by atoms with Gasteiger partial charge in [0.25, 0.3) is 0 Å². The molecule has 0 aliphatic carbocycles. The van der Waals surface area contributed by atoms with Crippen molar-refractivity contribution in [3.05, 3.63) is 12.2 Å². The summed E-state index contributed by atoms with van der Waals surface area (Å²) in [6.07, 6.45) is 64.9. The average Bonchev–Trinajstić information content (AvgIpc) is 3.31. The highest BCUT2D eigenvalue weighted by Gasteiger charge is 2.20. The van der Waals surface area contributed by atoms with Crippen LogP contribution < -0.4 is 5.32 Å². The third kappa shape index (κ3) is 51.8. The fourth-order valence-electron chi connectivity index (χ4n) is 9.28. The average molecular weight is 919 g/mol. The van der Waals surface area contributed by atoms with E-state index in [1.165, 1.54) is 218 Å². The molecule has 0 saturated carbocycles. The molecule has 0 heterocycles. The van der Waals surface area contributed by atoms with E-state index < -0.39 is 12.1 Å². The molecule has 2 atom stereocenters. The van der Waals surface area contributed by atoms with E-state index in [0.29, 0.717) is 25.9 Å². The molecule has 0 spiro atoms. The number of aliphatic hydroxyl groups is 2. The van der Waals surface area contributed by atoms with Crippen molar-refractivity contribution in [1.82, 2.24) is 5.32 Å². The number of unbranched alkanes of at least 4 members (excludes halogenated alkanes) is 42. The van der Waals surface area contributed by atoms with Crippen LogP contribution in [0, 0.1) is 0 Å². The maximum absolute atomic E-state index is 12.5. The molecule has 0 fully saturated rings. The van der Waals surface area contributed by atoms with Gasteiger partial charge in [-0.2, -0.15) is 0 Å². The van der Waals surface area contributed by atoms with Crippen LogP contribution in [0.5, 0.6) is 0 Å². The van der Waals surface area contributed by atoms with Crippen LogP contribution in [0.1, 0.15) is 328 Å². The molecule has 6 heteroatoms. The van der Waals surface area contributed by atoms with Crippen LogP contribution in [0.2, 0.25) is 0 Å². The van der Waals surface area contributed by atoms with Gasteiger partial charge >= 0.3 is 5.97 Å². The number of allylic oxidation sites excluding steroid dienone is 2. The Balaban J connectivity index is 3.48. The van der Waals surface area contributed by atoms with E-state index in [0.717, 1.165) is 77.0 Å². The van der Waals surface area contributed by atoms with Crippen molar-refractivity contribution in [2.45, 2.75) is 341 Å². The Morgan fingerprint density at radius 1 is 0.415 bits per heavy atom. The Morgan fingerprint density at radius 3 is 1.09 bits per heavy atom. The third-order valence-corrected chi connectivity index (χ3v) is 13.8. The van der Waals surface area contributed by atoms with Crippen LogP contribution in [-0.2, 0) is 14.3 Å². The van der Waals surface area contributed by atoms with E-state index >= 15 is 0 Å². The highest BCUT2D eigenvalue weighted by molar-refractivity contribution is 5.76. The van der Waals surface area contributed by atoms with Gasteiger partial charge in [-0.1, -0.05) is 270 Å². The predicted molar refractivity (Wildman–Crippen MR) is 283 cm³/mol. The summed E-state index contributed by atoms with van der Waals surface area (Å²) in [6, 6.07) is -0.560. The summed E-state index contributed by atoms with van der Waals surface area (Å²) in [7, 11) is 0. The SMILES string of the molecule is CCCCCCCCCCCCCCCCCCCCCCCCCCC(O)C(CO)NC(=O)CCCCCCC/C=C\CCCCCOC(=O)CCCCCCCCCCCCCC. The van der Waals surface area contributed by atoms with Crippen molar-refractivity contribution in [1.29, 1.82) is 0 Å². The smallest absolute Gasteiger partial charge is 0.305 e. The summed E-state index contributed by atoms with van der Waals surface area (Å²) in [5.41, 5.74) is 0. The second-order valence-electron chi connectivity index (χ2n) is 20.3. The quantitative estimate of drug-likeness (QED) is 0.0321. The molecule has 6 nitrogen and oxygen atoms in total. The second kappa shape index (κ2) is 55.2. The number of esters is 1. The monoisotopic (exact) mass is 918 g/mol. The molecule has 0 aromatic rings. The lowest BCUT2D eigenvalue weighted by atomic mass is 10.0. The van der Waals surface area contributed by atoms with Gasteiger partial charge in [0.05, 0.1) is 25.4 Å². The summed E-state index contributed by atoms with van der Waals surface area (Å²) in [5.74, 6) is -0.0778. The number of amides is 1. The highest BCUT2D eigenvalue weighted by Crippen LogP contribution is 2.18. The van der Waals surface area contributed by atoms with Gasteiger partial charge in [0.2, 0.25) is 5.91 Å². The zero-order valence-electron chi connectivity index (χ0n) is 44.0. The lowest BCUT2D eigenvalue weighted by Gasteiger charge is -2.22. The third-order valence-electron chi connectivity index (χ3n) is 13.8. The van der Waals surface area contributed by atoms with E-state index in [4.69, 9.17) is 4.74 Å². The Bertz CT molecular complexity index is 970. The molecular weight excluding hydrogens is 803 g/mol. The normalized spacial score (nSPS) is 12.6. The molecular formula is C59H115NO5. The maximum atomic E-state index is 12.5. The van der Waals surface area contributed by atoms with E-state index in [1.54, 1.807) is 0 Å². The van der Waals surface area contributed by atoms with Crippen LogP contribution in [0.15, 0.2) is 12.2 Å². The molecule has 0 rings (SSSR count). The summed E-state index contributed by atoms with van der Waals surface area (Å²) in [6.45, 7) is 4.92. The molecule has 0 radical (unpaired) electrons. The zero-order chi connectivity index (χ0) is 47.2. The zero-order valence-corrected chi connectivity index (χ0v) is 44.0. The molecule has 0 bridgehead atoms. The largest absolute Gasteiger partial charge is 0.466 e. The first-order chi connectivity index (χ1) is 32.0. The number of hydrogen-bond donors (Lipinski definition) is 3. The van der Waals surface area contributed by atoms with Crippen molar-refractivity contribution in [2.24, 2.45) is 0 Å². The number of rotatable bonds is 55. The van der Waals surface area contributed by atoms with Gasteiger partial charge in [-0.3, -0.25) is 9.59 Å². The molecule has 0 aliphatic heterocycles. The predicted octanol–water partition coefficient (Wildman–Crippen LogP) is 18.1. The van der Waals surface area contributed by atoms with Gasteiger partial charge in [0.1, 0.15) is 0 Å². The molecule has 0 aromatic carbocycles. The Kier molecular flexibility index (Phi) is 54.0. The van der Waals surface area contributed by atoms with E-state index in [9.17, 15) is 19.8 Å². The molecule has 1 amide bonds. The molecule has 2 unspecified atom stereocenters. The maximum Gasteiger partial charge on any atom is 0.305 e. The number of nitrogens with one attached hydrogen (secondary N) is 1. The Morgan fingerprint density at radius 2 is 0.723 bits per heavy atom. The lowest BCUT2D eigenvalue weighted by molar-refractivity contribution is -0.143. The topological polar surface area (TPSA) is 95.9 Å². The van der Waals surface area contributed by atoms with Gasteiger partial charge in [-0.15, -0.1) is 0 Å². The van der Waals surface area contributed by atoms with E-state index in [-0.39, 0.29) is 18.5 Å². The van der Waals surface area contributed by atoms with Gasteiger partial charge in [0.15, 0.2) is 0 Å². The van der Waals surface area contributed by atoms with Crippen molar-refractivity contribution in [2.75, 3.05) is 13.2 Å². The van der Waals surface area contributed by atoms with E-state index in [1.807, 2.05) is 0 Å². The van der Waals surface area contributed by atoms with Crippen LogP contribution in [0.25, 0.3) is 0 Å². The molecule has 0 saturated heterocycles. The molecule has 386 valence electrons. The molecule has 0 aliphatic rings. The summed E-state index contributed by atoms with van der Waals surface area (Å²) < 4.78 is 5.44. The van der Waals surface area contributed by atoms with E-state index in [2.05, 4.69) is 31.3 Å². The van der Waals surface area contributed by atoms with Crippen molar-refractivity contribution < 1.29 is 24.5 Å². The summed E-state index contributed by atoms with van der Waals surface area (Å²) in [4.78, 5) is 24.5. The standard InChI is InChI=1S/C59H115NO5/c1-3-5-7-9-11-13-15-17-18-19-20-21-22-23-24-25-26-27-28-31-35-39-43-47-51-57(62)56(55-61)60-58(63)52-48-44-40-36-32-29-30-34-38-42-46-50-54-65-59(64)53-49-45-41-37-33-16-14-12-10-8-6-4-2/h30,34,56-57,61-62H,3-29,31-33,35-55H2,1-2H3,(H,60,63)/b34-30-. The summed E-state index contributed by atoms with van der Waals surface area (Å²) in [5, 5.41) is 23.3. The van der Waals surface area contributed by atoms with Gasteiger partial charge in [-0.25, -0.2) is 0 Å². The van der Waals surface area contributed by atoms with Crippen LogP contribution in [-0.4, -0.2) is 47.4 Å². The van der Waals surface area contributed by atoms with Gasteiger partial charge in [0, 0.05) is 12.8 Å². The first kappa shape index (κ1) is 63.6. The lowest BCUT2D eigenvalue weighted by Crippen LogP contribution is -2.45. The Labute approximate surface area is 406 Å². The number of ether oxygens (including phenoxy) is 1. The van der Waals surface area contributed by atoms with Crippen LogP contribution in [0.4, 0.5) is 0 Å². The molecule has 3 N–H and O–H groups in total. The highest BCUT2D eigenvalue weighted by atomic mass is 16.5. The fraction of sp³-hybridized carbons (Fsp3) is 0.932. The van der Waals surface area contributed by atoms with Crippen molar-refractivity contribution >= 4 is 11.9 Å². The summed E-state index contributed by atoms with van der Waals surface area (Å²) >= 11 is 0. The fourth-order valence-corrected chi connectivity index (χ4v) is 9.28. The van der Waals surface area contributed by atoms with Crippen LogP contribution in [0.3, 0.4) is 0 Å². The van der Waals surface area contributed by atoms with Gasteiger partial charge < -0.3 is 20.3 Å². The number of aliphatic hydroxyl groups excluding tert-OH is 2. The minimum Gasteiger partial charge on any atom is -0.466 e. The number of carbonyl (C=O) groups is 2. The molecule has 0 aromatic heterocycles. The second-order valence-corrected chi connectivity index (χ2v) is 20.3. The molecule has 65 heavy (non-hydrogen) atoms.